The van der Waals surface area contributed by atoms with Crippen molar-refractivity contribution >= 4 is 0 Å². The lowest BCUT2D eigenvalue weighted by Crippen LogP contribution is -2.31. The third-order valence-electron chi connectivity index (χ3n) is 3.80. The van der Waals surface area contributed by atoms with Crippen molar-refractivity contribution in [2.75, 3.05) is 26.2 Å². The van der Waals surface area contributed by atoms with Crippen molar-refractivity contribution < 1.29 is 0 Å². The first kappa shape index (κ1) is 13.0. The summed E-state index contributed by atoms with van der Waals surface area (Å²) in [4.78, 5) is 2.62. The largest absolute Gasteiger partial charge is 0.330 e. The third kappa shape index (κ3) is 4.12. The summed E-state index contributed by atoms with van der Waals surface area (Å²) in [6.45, 7) is 11.6. The quantitative estimate of drug-likeness (QED) is 0.732. The van der Waals surface area contributed by atoms with Gasteiger partial charge in [0.25, 0.3) is 0 Å². The monoisotopic (exact) mass is 212 g/mol. The Kier molecular flexibility index (Phi) is 5.62. The average molecular weight is 212 g/mol. The van der Waals surface area contributed by atoms with E-state index in [4.69, 9.17) is 5.73 Å². The van der Waals surface area contributed by atoms with Crippen molar-refractivity contribution in [1.29, 1.82) is 0 Å². The molecule has 2 unspecified atom stereocenters. The van der Waals surface area contributed by atoms with Crippen LogP contribution in [0.3, 0.4) is 0 Å². The summed E-state index contributed by atoms with van der Waals surface area (Å²) in [5.74, 6) is 2.49. The van der Waals surface area contributed by atoms with Gasteiger partial charge < -0.3 is 10.6 Å². The van der Waals surface area contributed by atoms with Crippen molar-refractivity contribution in [3.63, 3.8) is 0 Å². The first-order chi connectivity index (χ1) is 7.17. The molecule has 2 heteroatoms. The molecular formula is C13H28N2. The molecule has 0 saturated carbocycles. The maximum absolute atomic E-state index is 5.80. The molecule has 0 bridgehead atoms. The fourth-order valence-electron chi connectivity index (χ4n) is 2.63. The Hall–Kier alpha value is -0.0800. The van der Waals surface area contributed by atoms with E-state index in [1.165, 1.54) is 38.9 Å². The minimum Gasteiger partial charge on any atom is -0.330 e. The van der Waals surface area contributed by atoms with Gasteiger partial charge in [-0.2, -0.15) is 0 Å². The lowest BCUT2D eigenvalue weighted by Gasteiger charge is -2.23. The summed E-state index contributed by atoms with van der Waals surface area (Å²) in [6.07, 6.45) is 3.95. The van der Waals surface area contributed by atoms with Crippen molar-refractivity contribution in [2.24, 2.45) is 23.5 Å². The molecule has 1 rings (SSSR count). The second-order valence-electron chi connectivity index (χ2n) is 5.44. The van der Waals surface area contributed by atoms with Gasteiger partial charge in [0.1, 0.15) is 0 Å². The van der Waals surface area contributed by atoms with Crippen LogP contribution in [0.4, 0.5) is 0 Å². The number of nitrogens with zero attached hydrogens (tertiary/aromatic N) is 1. The number of likely N-dealkylation sites (tertiary alicyclic amines) is 1. The lowest BCUT2D eigenvalue weighted by atomic mass is 9.95. The van der Waals surface area contributed by atoms with Gasteiger partial charge in [-0.25, -0.2) is 0 Å². The van der Waals surface area contributed by atoms with E-state index in [1.807, 2.05) is 0 Å². The minimum absolute atomic E-state index is 0.723. The molecule has 0 aromatic rings. The molecule has 2 N–H and O–H groups in total. The van der Waals surface area contributed by atoms with E-state index in [-0.39, 0.29) is 0 Å². The number of rotatable bonds is 6. The van der Waals surface area contributed by atoms with Gasteiger partial charge in [-0.1, -0.05) is 27.2 Å². The Balaban J connectivity index is 2.27. The maximum Gasteiger partial charge on any atom is 0.00218 e. The molecule has 0 amide bonds. The van der Waals surface area contributed by atoms with E-state index in [0.717, 1.165) is 24.3 Å². The van der Waals surface area contributed by atoms with Crippen LogP contribution >= 0.6 is 0 Å². The average Bonchev–Trinajstić information content (AvgIpc) is 2.65. The fraction of sp³-hybridized carbons (Fsp3) is 1.00. The van der Waals surface area contributed by atoms with Gasteiger partial charge in [-0.3, -0.25) is 0 Å². The highest BCUT2D eigenvalue weighted by atomic mass is 15.1. The van der Waals surface area contributed by atoms with Crippen molar-refractivity contribution in [3.8, 4) is 0 Å². The Bertz CT molecular complexity index is 168. The van der Waals surface area contributed by atoms with Crippen LogP contribution < -0.4 is 5.73 Å². The van der Waals surface area contributed by atoms with E-state index in [2.05, 4.69) is 25.7 Å². The van der Waals surface area contributed by atoms with Crippen molar-refractivity contribution in [3.05, 3.63) is 0 Å². The SMILES string of the molecule is CCCC(CN)CN1CCC(C(C)C)C1. The van der Waals surface area contributed by atoms with Gasteiger partial charge >= 0.3 is 0 Å². The van der Waals surface area contributed by atoms with Crippen molar-refractivity contribution in [2.45, 2.75) is 40.0 Å². The van der Waals surface area contributed by atoms with E-state index < -0.39 is 0 Å². The van der Waals surface area contributed by atoms with Gasteiger partial charge in [0.15, 0.2) is 0 Å². The summed E-state index contributed by atoms with van der Waals surface area (Å²) in [7, 11) is 0. The highest BCUT2D eigenvalue weighted by Gasteiger charge is 2.25. The van der Waals surface area contributed by atoms with Gasteiger partial charge in [-0.05, 0) is 43.7 Å². The topological polar surface area (TPSA) is 29.3 Å². The molecule has 2 nitrogen and oxygen atoms in total. The molecule has 0 spiro atoms. The van der Waals surface area contributed by atoms with E-state index >= 15 is 0 Å². The summed E-state index contributed by atoms with van der Waals surface area (Å²) in [6, 6.07) is 0. The number of hydrogen-bond donors (Lipinski definition) is 1. The molecule has 0 radical (unpaired) electrons. The molecule has 90 valence electrons. The maximum atomic E-state index is 5.80. The zero-order chi connectivity index (χ0) is 11.3. The first-order valence-corrected chi connectivity index (χ1v) is 6.59. The van der Waals surface area contributed by atoms with Crippen LogP contribution in [0.5, 0.6) is 0 Å². The Labute approximate surface area is 95.2 Å². The van der Waals surface area contributed by atoms with Gasteiger partial charge in [0.05, 0.1) is 0 Å². The second kappa shape index (κ2) is 6.49. The molecule has 2 atom stereocenters. The third-order valence-corrected chi connectivity index (χ3v) is 3.80. The Morgan fingerprint density at radius 1 is 1.40 bits per heavy atom. The molecular weight excluding hydrogens is 184 g/mol. The van der Waals surface area contributed by atoms with Gasteiger partial charge in [0, 0.05) is 13.1 Å². The highest BCUT2D eigenvalue weighted by Crippen LogP contribution is 2.24. The molecule has 1 aliphatic heterocycles. The van der Waals surface area contributed by atoms with Crippen molar-refractivity contribution in [1.82, 2.24) is 4.90 Å². The number of nitrogens with two attached hydrogens (primary N) is 1. The normalized spacial score (nSPS) is 25.0. The second-order valence-corrected chi connectivity index (χ2v) is 5.44. The first-order valence-electron chi connectivity index (χ1n) is 6.59. The molecule has 0 aliphatic carbocycles. The molecule has 0 aromatic carbocycles. The zero-order valence-electron chi connectivity index (χ0n) is 10.7. The summed E-state index contributed by atoms with van der Waals surface area (Å²) in [5.41, 5.74) is 5.80. The van der Waals surface area contributed by atoms with E-state index in [0.29, 0.717) is 0 Å². The minimum atomic E-state index is 0.723. The van der Waals surface area contributed by atoms with Crippen LogP contribution in [-0.4, -0.2) is 31.1 Å². The predicted octanol–water partition coefficient (Wildman–Crippen LogP) is 2.34. The number of hydrogen-bond acceptors (Lipinski definition) is 2. The molecule has 1 saturated heterocycles. The zero-order valence-corrected chi connectivity index (χ0v) is 10.7. The summed E-state index contributed by atoms with van der Waals surface area (Å²) < 4.78 is 0. The van der Waals surface area contributed by atoms with Crippen LogP contribution in [0.15, 0.2) is 0 Å². The molecule has 1 fully saturated rings. The Morgan fingerprint density at radius 3 is 2.60 bits per heavy atom. The van der Waals surface area contributed by atoms with Crippen LogP contribution in [0.1, 0.15) is 40.0 Å². The molecule has 1 aliphatic rings. The highest BCUT2D eigenvalue weighted by molar-refractivity contribution is 4.79. The molecule has 1 heterocycles. The van der Waals surface area contributed by atoms with Gasteiger partial charge in [0.2, 0.25) is 0 Å². The predicted molar refractivity (Wildman–Crippen MR) is 66.8 cm³/mol. The van der Waals surface area contributed by atoms with Crippen LogP contribution in [0.2, 0.25) is 0 Å². The Morgan fingerprint density at radius 2 is 2.13 bits per heavy atom. The van der Waals surface area contributed by atoms with Crippen LogP contribution in [-0.2, 0) is 0 Å². The van der Waals surface area contributed by atoms with E-state index in [1.54, 1.807) is 0 Å². The lowest BCUT2D eigenvalue weighted by molar-refractivity contribution is 0.252. The van der Waals surface area contributed by atoms with Crippen LogP contribution in [0, 0.1) is 17.8 Å². The summed E-state index contributed by atoms with van der Waals surface area (Å²) >= 11 is 0. The van der Waals surface area contributed by atoms with Crippen LogP contribution in [0.25, 0.3) is 0 Å². The van der Waals surface area contributed by atoms with E-state index in [9.17, 15) is 0 Å². The standard InChI is InChI=1S/C13H28N2/c1-4-5-12(8-14)9-15-7-6-13(10-15)11(2)3/h11-13H,4-10,14H2,1-3H3. The summed E-state index contributed by atoms with van der Waals surface area (Å²) in [5, 5.41) is 0. The molecule has 0 aromatic heterocycles. The molecule has 15 heavy (non-hydrogen) atoms. The van der Waals surface area contributed by atoms with Gasteiger partial charge in [-0.15, -0.1) is 0 Å². The fourth-order valence-corrected chi connectivity index (χ4v) is 2.63. The smallest absolute Gasteiger partial charge is 0.00218 e.